The number of ether oxygens (including phenoxy) is 1. The molecular weight excluding hydrogens is 246 g/mol. The van der Waals surface area contributed by atoms with Gasteiger partial charge in [-0.25, -0.2) is 4.79 Å². The number of hydrogen-bond donors (Lipinski definition) is 1. The first-order valence-corrected chi connectivity index (χ1v) is 5.98. The number of rotatable bonds is 9. The van der Waals surface area contributed by atoms with Crippen molar-refractivity contribution >= 4 is 50.1 Å². The maximum absolute atomic E-state index is 11.6. The van der Waals surface area contributed by atoms with Gasteiger partial charge in [0, 0.05) is 0 Å². The van der Waals surface area contributed by atoms with Crippen molar-refractivity contribution in [2.75, 3.05) is 6.61 Å². The summed E-state index contributed by atoms with van der Waals surface area (Å²) in [5.41, 5.74) is 0. The predicted octanol–water partition coefficient (Wildman–Crippen LogP) is 1.72. The topological polar surface area (TPSA) is 55.4 Å². The van der Waals surface area contributed by atoms with Crippen LogP contribution in [0.2, 0.25) is 0 Å². The van der Waals surface area contributed by atoms with Crippen LogP contribution in [0, 0.1) is 5.92 Å². The molecule has 5 heteroatoms. The molecule has 17 heavy (non-hydrogen) atoms. The van der Waals surface area contributed by atoms with E-state index in [4.69, 9.17) is 4.74 Å². The van der Waals surface area contributed by atoms with Crippen LogP contribution in [0.15, 0.2) is 0 Å². The Balaban J connectivity index is -0.000000375. The minimum absolute atomic E-state index is 0. The first kappa shape index (κ1) is 19.5. The molecule has 0 saturated carbocycles. The molecule has 0 bridgehead atoms. The zero-order chi connectivity index (χ0) is 12.4. The van der Waals surface area contributed by atoms with Gasteiger partial charge in [0.25, 0.3) is 0 Å². The van der Waals surface area contributed by atoms with Gasteiger partial charge in [-0.3, -0.25) is 4.79 Å². The van der Waals surface area contributed by atoms with Crippen molar-refractivity contribution in [3.8, 4) is 0 Å². The molecule has 0 rings (SSSR count). The Morgan fingerprint density at radius 1 is 1.41 bits per heavy atom. The van der Waals surface area contributed by atoms with Crippen LogP contribution in [0.5, 0.6) is 0 Å². The molecule has 0 aliphatic carbocycles. The molecule has 0 radical (unpaired) electrons. The molecule has 0 aromatic rings. The van der Waals surface area contributed by atoms with Crippen molar-refractivity contribution < 1.29 is 17.2 Å². The van der Waals surface area contributed by atoms with Crippen LogP contribution in [0.4, 0.5) is 0 Å². The molecule has 0 heterocycles. The molecule has 0 fully saturated rings. The Labute approximate surface area is 137 Å². The summed E-state index contributed by atoms with van der Waals surface area (Å²) in [5.74, 6) is 0.0255. The number of unbranched alkanes of at least 4 members (excludes halogenated alkanes) is 2. The van der Waals surface area contributed by atoms with E-state index < -0.39 is 6.04 Å². The summed E-state index contributed by atoms with van der Waals surface area (Å²) < 4.78 is 5.10. The van der Waals surface area contributed by atoms with Crippen LogP contribution < -0.4 is 5.32 Å². The molecule has 1 N–H and O–H groups in total. The molecule has 0 aromatic heterocycles. The quantitative estimate of drug-likeness (QED) is 0.301. The summed E-state index contributed by atoms with van der Waals surface area (Å²) >= 11 is 0. The van der Waals surface area contributed by atoms with Crippen molar-refractivity contribution in [1.82, 2.24) is 5.32 Å². The Hall–Kier alpha value is 0.200. The second kappa shape index (κ2) is 12.7. The molecular formula is C12H25CaNO3. The maximum atomic E-state index is 11.6. The van der Waals surface area contributed by atoms with Gasteiger partial charge in [-0.2, -0.15) is 0 Å². The molecule has 4 nitrogen and oxygen atoms in total. The van der Waals surface area contributed by atoms with E-state index in [-0.39, 0.29) is 46.6 Å². The Kier molecular flexibility index (Phi) is 14.5. The van der Waals surface area contributed by atoms with E-state index in [2.05, 4.69) is 12.2 Å². The molecule has 1 atom stereocenters. The van der Waals surface area contributed by atoms with E-state index in [1.165, 1.54) is 0 Å². The number of hydrogen-bond acceptors (Lipinski definition) is 3. The molecule has 98 valence electrons. The minimum Gasteiger partial charge on any atom is -1.00 e. The van der Waals surface area contributed by atoms with Gasteiger partial charge in [0.2, 0.25) is 6.41 Å². The largest absolute Gasteiger partial charge is 2.00 e. The zero-order valence-corrected chi connectivity index (χ0v) is 13.4. The first-order valence-electron chi connectivity index (χ1n) is 5.98. The first-order chi connectivity index (χ1) is 7.61. The fourth-order valence-corrected chi connectivity index (χ4v) is 1.41. The van der Waals surface area contributed by atoms with Gasteiger partial charge in [-0.05, 0) is 18.8 Å². The SMILES string of the molecule is CCCCCOC(=O)[C@H](CC(C)C)NC=O.[Ca+2].[H-].[H-]. The molecule has 0 saturated heterocycles. The summed E-state index contributed by atoms with van der Waals surface area (Å²) in [6.07, 6.45) is 4.21. The fraction of sp³-hybridized carbons (Fsp3) is 0.833. The van der Waals surface area contributed by atoms with Crippen molar-refractivity contribution in [3.05, 3.63) is 0 Å². The standard InChI is InChI=1S/C12H23NO3.Ca.2H/c1-4-5-6-7-16-12(15)11(13-9-14)8-10(2)3;;;/h9-11H,4-8H2,1-3H3,(H,13,14);;;/q;+2;2*-1/t11-;;;/m0.../s1. The fourth-order valence-electron chi connectivity index (χ4n) is 1.41. The minimum atomic E-state index is -0.501. The van der Waals surface area contributed by atoms with Gasteiger partial charge in [0.05, 0.1) is 6.61 Å². The number of carbonyl (C=O) groups is 2. The average molecular weight is 271 g/mol. The van der Waals surface area contributed by atoms with Gasteiger partial charge in [-0.15, -0.1) is 0 Å². The van der Waals surface area contributed by atoms with E-state index in [1.54, 1.807) is 0 Å². The molecule has 0 aliphatic rings. The summed E-state index contributed by atoms with van der Waals surface area (Å²) in [5, 5.41) is 2.50. The van der Waals surface area contributed by atoms with Crippen molar-refractivity contribution in [1.29, 1.82) is 0 Å². The summed E-state index contributed by atoms with van der Waals surface area (Å²) in [6, 6.07) is -0.501. The predicted molar refractivity (Wildman–Crippen MR) is 70.9 cm³/mol. The summed E-state index contributed by atoms with van der Waals surface area (Å²) in [7, 11) is 0. The van der Waals surface area contributed by atoms with Crippen molar-refractivity contribution in [2.45, 2.75) is 52.5 Å². The Morgan fingerprint density at radius 3 is 2.53 bits per heavy atom. The molecule has 0 spiro atoms. The van der Waals surface area contributed by atoms with E-state index in [0.29, 0.717) is 25.4 Å². The monoisotopic (exact) mass is 271 g/mol. The third-order valence-corrected chi connectivity index (χ3v) is 2.25. The van der Waals surface area contributed by atoms with E-state index in [9.17, 15) is 9.59 Å². The van der Waals surface area contributed by atoms with Gasteiger partial charge in [0.1, 0.15) is 6.04 Å². The van der Waals surface area contributed by atoms with Gasteiger partial charge in [-0.1, -0.05) is 33.6 Å². The normalized spacial score (nSPS) is 11.5. The number of carbonyl (C=O) groups excluding carboxylic acids is 2. The smallest absolute Gasteiger partial charge is 1.00 e. The van der Waals surface area contributed by atoms with Gasteiger partial charge >= 0.3 is 43.7 Å². The third kappa shape index (κ3) is 11.0. The average Bonchev–Trinajstić information content (AvgIpc) is 2.23. The molecule has 1 amide bonds. The Bertz CT molecular complexity index is 219. The second-order valence-electron chi connectivity index (χ2n) is 4.34. The molecule has 0 aliphatic heterocycles. The Morgan fingerprint density at radius 2 is 2.06 bits per heavy atom. The van der Waals surface area contributed by atoms with Gasteiger partial charge < -0.3 is 12.9 Å². The van der Waals surface area contributed by atoms with Gasteiger partial charge in [0.15, 0.2) is 0 Å². The zero-order valence-electron chi connectivity index (χ0n) is 13.2. The number of amides is 1. The molecule has 0 aromatic carbocycles. The van der Waals surface area contributed by atoms with Crippen LogP contribution in [0.3, 0.4) is 0 Å². The van der Waals surface area contributed by atoms with Crippen LogP contribution >= 0.6 is 0 Å². The number of nitrogens with one attached hydrogen (secondary N) is 1. The van der Waals surface area contributed by atoms with E-state index in [1.807, 2.05) is 13.8 Å². The van der Waals surface area contributed by atoms with Crippen molar-refractivity contribution in [2.24, 2.45) is 5.92 Å². The second-order valence-corrected chi connectivity index (χ2v) is 4.34. The summed E-state index contributed by atoms with van der Waals surface area (Å²) in [4.78, 5) is 21.9. The van der Waals surface area contributed by atoms with Crippen LogP contribution in [-0.2, 0) is 14.3 Å². The summed E-state index contributed by atoms with van der Waals surface area (Å²) in [6.45, 7) is 6.55. The number of esters is 1. The van der Waals surface area contributed by atoms with E-state index in [0.717, 1.165) is 19.3 Å². The van der Waals surface area contributed by atoms with Crippen LogP contribution in [0.1, 0.15) is 49.3 Å². The van der Waals surface area contributed by atoms with E-state index >= 15 is 0 Å². The maximum Gasteiger partial charge on any atom is 2.00 e. The molecule has 0 unspecified atom stereocenters. The van der Waals surface area contributed by atoms with Crippen LogP contribution in [0.25, 0.3) is 0 Å². The third-order valence-electron chi connectivity index (χ3n) is 2.25. The van der Waals surface area contributed by atoms with Crippen LogP contribution in [-0.4, -0.2) is 62.8 Å². The van der Waals surface area contributed by atoms with Crippen molar-refractivity contribution in [3.63, 3.8) is 0 Å².